The Morgan fingerprint density at radius 2 is 0.900 bits per heavy atom. The Hall–Kier alpha value is -2.38. The van der Waals surface area contributed by atoms with Gasteiger partial charge in [0.25, 0.3) is 0 Å². The number of hydrogen-bond donors (Lipinski definition) is 4. The van der Waals surface area contributed by atoms with Crippen LogP contribution in [0, 0.1) is 0 Å². The molecule has 0 saturated heterocycles. The molecule has 0 aliphatic heterocycles. The Balaban J connectivity index is 1.40. The number of rotatable bonds is 6. The summed E-state index contributed by atoms with van der Waals surface area (Å²) in [5, 5.41) is 15.1. The normalized spacial score (nSPS) is 10.2. The van der Waals surface area contributed by atoms with E-state index in [4.69, 9.17) is 47.6 Å². The first kappa shape index (κ1) is 22.3. The van der Waals surface area contributed by atoms with Crippen molar-refractivity contribution in [1.82, 2.24) is 10.6 Å². The number of halogens is 2. The lowest BCUT2D eigenvalue weighted by molar-refractivity contribution is 0.906. The average molecular weight is 475 g/mol. The summed E-state index contributed by atoms with van der Waals surface area (Å²) < 4.78 is 0. The molecule has 30 heavy (non-hydrogen) atoms. The predicted octanol–water partition coefficient (Wildman–Crippen LogP) is 5.97. The standard InChI is InChI=1S/C22H20Cl2N4S2/c23-17-5-9-19(10-6-17)27-21(29)25-13-15-1-2-16(4-3-15)14-26-22(30)28-20-11-7-18(24)8-12-20/h1-12H,13-14H2,(H2,25,27,29)(H2,26,28,30). The molecule has 0 spiro atoms. The molecule has 0 atom stereocenters. The molecule has 0 saturated carbocycles. The van der Waals surface area contributed by atoms with Crippen molar-refractivity contribution < 1.29 is 0 Å². The lowest BCUT2D eigenvalue weighted by atomic mass is 10.1. The van der Waals surface area contributed by atoms with Crippen LogP contribution in [0.3, 0.4) is 0 Å². The van der Waals surface area contributed by atoms with Gasteiger partial charge in [0.2, 0.25) is 0 Å². The molecule has 0 aromatic heterocycles. The Kier molecular flexibility index (Phi) is 8.28. The molecule has 0 fully saturated rings. The maximum absolute atomic E-state index is 5.89. The number of nitrogens with one attached hydrogen (secondary N) is 4. The SMILES string of the molecule is S=C(NCc1ccc(CNC(=S)Nc2ccc(Cl)cc2)cc1)Nc1ccc(Cl)cc1. The highest BCUT2D eigenvalue weighted by atomic mass is 35.5. The summed E-state index contributed by atoms with van der Waals surface area (Å²) in [5.41, 5.74) is 4.03. The van der Waals surface area contributed by atoms with Gasteiger partial charge in [-0.2, -0.15) is 0 Å². The van der Waals surface area contributed by atoms with Crippen LogP contribution in [-0.2, 0) is 13.1 Å². The van der Waals surface area contributed by atoms with E-state index in [1.54, 1.807) is 0 Å². The van der Waals surface area contributed by atoms with E-state index >= 15 is 0 Å². The van der Waals surface area contributed by atoms with E-state index in [2.05, 4.69) is 45.5 Å². The molecular weight excluding hydrogens is 455 g/mol. The average Bonchev–Trinajstić information content (AvgIpc) is 2.75. The van der Waals surface area contributed by atoms with E-state index in [1.165, 1.54) is 0 Å². The van der Waals surface area contributed by atoms with Gasteiger partial charge >= 0.3 is 0 Å². The van der Waals surface area contributed by atoms with Crippen molar-refractivity contribution >= 4 is 69.2 Å². The van der Waals surface area contributed by atoms with Gasteiger partial charge in [0.15, 0.2) is 10.2 Å². The summed E-state index contributed by atoms with van der Waals surface area (Å²) in [6.07, 6.45) is 0. The van der Waals surface area contributed by atoms with Crippen molar-refractivity contribution in [2.75, 3.05) is 10.6 Å². The summed E-state index contributed by atoms with van der Waals surface area (Å²) in [6.45, 7) is 1.26. The zero-order chi connectivity index (χ0) is 21.3. The summed E-state index contributed by atoms with van der Waals surface area (Å²) in [7, 11) is 0. The highest BCUT2D eigenvalue weighted by molar-refractivity contribution is 7.80. The molecule has 8 heteroatoms. The van der Waals surface area contributed by atoms with E-state index in [0.29, 0.717) is 33.4 Å². The number of anilines is 2. The van der Waals surface area contributed by atoms with Crippen LogP contribution in [-0.4, -0.2) is 10.2 Å². The van der Waals surface area contributed by atoms with Crippen LogP contribution in [0.2, 0.25) is 10.0 Å². The second kappa shape index (κ2) is 11.1. The molecule has 0 aliphatic rings. The Morgan fingerprint density at radius 1 is 0.567 bits per heavy atom. The topological polar surface area (TPSA) is 48.1 Å². The van der Waals surface area contributed by atoms with Gasteiger partial charge in [-0.1, -0.05) is 47.5 Å². The molecule has 4 nitrogen and oxygen atoms in total. The highest BCUT2D eigenvalue weighted by Crippen LogP contribution is 2.14. The summed E-state index contributed by atoms with van der Waals surface area (Å²) >= 11 is 22.4. The van der Waals surface area contributed by atoms with Gasteiger partial charge in [0.05, 0.1) is 0 Å². The second-order valence-corrected chi connectivity index (χ2v) is 8.14. The molecule has 4 N–H and O–H groups in total. The van der Waals surface area contributed by atoms with Gasteiger partial charge in [0, 0.05) is 34.5 Å². The lowest BCUT2D eigenvalue weighted by Crippen LogP contribution is -2.28. The molecule has 0 aliphatic carbocycles. The van der Waals surface area contributed by atoms with Crippen molar-refractivity contribution in [3.05, 3.63) is 94.0 Å². The van der Waals surface area contributed by atoms with E-state index < -0.39 is 0 Å². The fraction of sp³-hybridized carbons (Fsp3) is 0.0909. The highest BCUT2D eigenvalue weighted by Gasteiger charge is 2.01. The first-order chi connectivity index (χ1) is 14.5. The molecule has 3 aromatic carbocycles. The number of hydrogen-bond acceptors (Lipinski definition) is 2. The second-order valence-electron chi connectivity index (χ2n) is 6.45. The maximum Gasteiger partial charge on any atom is 0.171 e. The van der Waals surface area contributed by atoms with Crippen LogP contribution in [0.25, 0.3) is 0 Å². The first-order valence-electron chi connectivity index (χ1n) is 9.16. The zero-order valence-electron chi connectivity index (χ0n) is 15.9. The van der Waals surface area contributed by atoms with E-state index in [-0.39, 0.29) is 0 Å². The zero-order valence-corrected chi connectivity index (χ0v) is 19.1. The van der Waals surface area contributed by atoms with Gasteiger partial charge in [-0.3, -0.25) is 0 Å². The summed E-state index contributed by atoms with van der Waals surface area (Å²) in [5.74, 6) is 0. The van der Waals surface area contributed by atoms with Crippen molar-refractivity contribution in [2.45, 2.75) is 13.1 Å². The molecule has 0 heterocycles. The Labute approximate surface area is 197 Å². The molecule has 3 aromatic rings. The first-order valence-corrected chi connectivity index (χ1v) is 10.7. The quantitative estimate of drug-likeness (QED) is 0.330. The monoisotopic (exact) mass is 474 g/mol. The third kappa shape index (κ3) is 7.46. The molecule has 0 amide bonds. The minimum Gasteiger partial charge on any atom is -0.358 e. The summed E-state index contributed by atoms with van der Waals surface area (Å²) in [6, 6.07) is 23.0. The van der Waals surface area contributed by atoms with Gasteiger partial charge in [-0.25, -0.2) is 0 Å². The van der Waals surface area contributed by atoms with E-state index in [0.717, 1.165) is 22.5 Å². The van der Waals surface area contributed by atoms with Crippen LogP contribution in [0.15, 0.2) is 72.8 Å². The van der Waals surface area contributed by atoms with Gasteiger partial charge in [-0.05, 0) is 84.1 Å². The van der Waals surface area contributed by atoms with Crippen molar-refractivity contribution in [3.8, 4) is 0 Å². The minimum atomic E-state index is 0.557. The van der Waals surface area contributed by atoms with Crippen LogP contribution in [0.5, 0.6) is 0 Å². The third-order valence-corrected chi connectivity index (χ3v) is 5.13. The number of benzene rings is 3. The van der Waals surface area contributed by atoms with Crippen LogP contribution >= 0.6 is 47.6 Å². The Morgan fingerprint density at radius 3 is 1.23 bits per heavy atom. The van der Waals surface area contributed by atoms with Gasteiger partial charge < -0.3 is 21.3 Å². The smallest absolute Gasteiger partial charge is 0.171 e. The summed E-state index contributed by atoms with van der Waals surface area (Å²) in [4.78, 5) is 0. The van der Waals surface area contributed by atoms with Crippen molar-refractivity contribution in [2.24, 2.45) is 0 Å². The maximum atomic E-state index is 5.89. The molecule has 154 valence electrons. The fourth-order valence-electron chi connectivity index (χ4n) is 2.56. The van der Waals surface area contributed by atoms with Crippen molar-refractivity contribution in [3.63, 3.8) is 0 Å². The predicted molar refractivity (Wildman–Crippen MR) is 135 cm³/mol. The molecule has 0 unspecified atom stereocenters. The van der Waals surface area contributed by atoms with E-state index in [9.17, 15) is 0 Å². The largest absolute Gasteiger partial charge is 0.358 e. The Bertz CT molecular complexity index is 909. The van der Waals surface area contributed by atoms with Gasteiger partial charge in [0.1, 0.15) is 0 Å². The van der Waals surface area contributed by atoms with Crippen LogP contribution in [0.1, 0.15) is 11.1 Å². The molecular formula is C22H20Cl2N4S2. The van der Waals surface area contributed by atoms with Crippen LogP contribution in [0.4, 0.5) is 11.4 Å². The van der Waals surface area contributed by atoms with E-state index in [1.807, 2.05) is 48.5 Å². The third-order valence-electron chi connectivity index (χ3n) is 4.13. The molecule has 0 radical (unpaired) electrons. The minimum absolute atomic E-state index is 0.557. The molecule has 0 bridgehead atoms. The van der Waals surface area contributed by atoms with Crippen LogP contribution < -0.4 is 21.3 Å². The lowest BCUT2D eigenvalue weighted by Gasteiger charge is -2.12. The van der Waals surface area contributed by atoms with Crippen molar-refractivity contribution in [1.29, 1.82) is 0 Å². The fourth-order valence-corrected chi connectivity index (χ4v) is 3.19. The van der Waals surface area contributed by atoms with Gasteiger partial charge in [-0.15, -0.1) is 0 Å². The molecule has 3 rings (SSSR count). The number of thiocarbonyl (C=S) groups is 2.